The summed E-state index contributed by atoms with van der Waals surface area (Å²) in [6, 6.07) is 0.151. The Balaban J connectivity index is 1.67. The Morgan fingerprint density at radius 3 is 2.41 bits per heavy atom. The Bertz CT molecular complexity index is 930. The maximum atomic E-state index is 11.8. The molecule has 146 valence electrons. The quantitative estimate of drug-likeness (QED) is 0.763. The van der Waals surface area contributed by atoms with Crippen molar-refractivity contribution in [3.8, 4) is 0 Å². The molecule has 3 fully saturated rings. The van der Waals surface area contributed by atoms with Crippen molar-refractivity contribution in [3.63, 3.8) is 0 Å². The first kappa shape index (κ1) is 19.0. The van der Waals surface area contributed by atoms with Crippen LogP contribution in [0.1, 0.15) is 70.3 Å². The van der Waals surface area contributed by atoms with Crippen molar-refractivity contribution < 1.29 is 9.32 Å². The molecule has 0 spiro atoms. The predicted molar refractivity (Wildman–Crippen MR) is 102 cm³/mol. The third kappa shape index (κ3) is 2.68. The Hall–Kier alpha value is -1.38. The number of nitrogens with zero attached hydrogens (tertiary/aromatic N) is 5. The molecule has 7 nitrogen and oxygen atoms in total. The van der Waals surface area contributed by atoms with Gasteiger partial charge in [0.15, 0.2) is 5.82 Å². The molecule has 0 aromatic carbocycles. The van der Waals surface area contributed by atoms with Gasteiger partial charge in [-0.2, -0.15) is 0 Å². The molecule has 1 atom stereocenters. The fourth-order valence-corrected chi connectivity index (χ4v) is 5.41. The van der Waals surface area contributed by atoms with Gasteiger partial charge in [0.05, 0.1) is 27.7 Å². The van der Waals surface area contributed by atoms with Crippen LogP contribution >= 0.6 is 11.6 Å². The summed E-state index contributed by atoms with van der Waals surface area (Å²) < 4.78 is 13.8. The maximum Gasteiger partial charge on any atom is 0.218 e. The van der Waals surface area contributed by atoms with E-state index in [-0.39, 0.29) is 16.9 Å². The number of hydrogen-bond acceptors (Lipinski definition) is 6. The van der Waals surface area contributed by atoms with E-state index >= 15 is 0 Å². The first-order valence-corrected chi connectivity index (χ1v) is 11.0. The topological polar surface area (TPSA) is 93.8 Å². The zero-order valence-electron chi connectivity index (χ0n) is 16.2. The molecule has 2 heterocycles. The Morgan fingerprint density at radius 2 is 1.89 bits per heavy atom. The van der Waals surface area contributed by atoms with Crippen LogP contribution in [-0.4, -0.2) is 40.3 Å². The molecule has 2 aromatic heterocycles. The van der Waals surface area contributed by atoms with Gasteiger partial charge in [-0.15, -0.1) is 10.2 Å². The summed E-state index contributed by atoms with van der Waals surface area (Å²) in [6.45, 7) is 7.62. The molecular formula is C18H24ClN5O2S. The smallest absolute Gasteiger partial charge is 0.218 e. The highest BCUT2D eigenvalue weighted by Gasteiger charge is 2.72. The van der Waals surface area contributed by atoms with Gasteiger partial charge in [0.1, 0.15) is 11.4 Å². The third-order valence-electron chi connectivity index (χ3n) is 5.75. The average Bonchev–Trinajstić information content (AvgIpc) is 2.91. The maximum absolute atomic E-state index is 11.8. The molecule has 1 unspecified atom stereocenters. The van der Waals surface area contributed by atoms with Gasteiger partial charge in [0.25, 0.3) is 0 Å². The molecule has 0 amide bonds. The van der Waals surface area contributed by atoms with E-state index in [1.807, 2.05) is 0 Å². The van der Waals surface area contributed by atoms with Gasteiger partial charge in [-0.3, -0.25) is 4.21 Å². The monoisotopic (exact) mass is 409 g/mol. The van der Waals surface area contributed by atoms with Gasteiger partial charge >= 0.3 is 0 Å². The second kappa shape index (κ2) is 5.81. The van der Waals surface area contributed by atoms with Gasteiger partial charge in [0.2, 0.25) is 5.16 Å². The fourth-order valence-electron chi connectivity index (χ4n) is 4.70. The normalized spacial score (nSPS) is 28.0. The van der Waals surface area contributed by atoms with Crippen molar-refractivity contribution in [3.05, 3.63) is 28.6 Å². The molecule has 9 heteroatoms. The lowest BCUT2D eigenvalue weighted by atomic mass is 9.34. The molecule has 0 saturated heterocycles. The zero-order valence-corrected chi connectivity index (χ0v) is 17.7. The Kier molecular flexibility index (Phi) is 4.08. The lowest BCUT2D eigenvalue weighted by Gasteiger charge is -2.69. The van der Waals surface area contributed by atoms with Gasteiger partial charge < -0.3 is 9.67 Å². The summed E-state index contributed by atoms with van der Waals surface area (Å²) in [5, 5.41) is 20.1. The number of aromatic nitrogens is 5. The summed E-state index contributed by atoms with van der Waals surface area (Å²) in [6.07, 6.45) is 5.76. The first-order valence-electron chi connectivity index (χ1n) is 9.04. The summed E-state index contributed by atoms with van der Waals surface area (Å²) in [5.41, 5.74) is -0.408. The van der Waals surface area contributed by atoms with Crippen LogP contribution in [0.5, 0.6) is 0 Å². The van der Waals surface area contributed by atoms with E-state index < -0.39 is 16.4 Å². The molecule has 2 bridgehead atoms. The third-order valence-corrected chi connectivity index (χ3v) is 6.73. The summed E-state index contributed by atoms with van der Waals surface area (Å²) >= 11 is 6.37. The predicted octanol–water partition coefficient (Wildman–Crippen LogP) is 2.64. The van der Waals surface area contributed by atoms with Crippen LogP contribution in [0.15, 0.2) is 11.4 Å². The van der Waals surface area contributed by atoms with Crippen LogP contribution in [0.3, 0.4) is 0 Å². The van der Waals surface area contributed by atoms with Crippen LogP contribution < -0.4 is 0 Å². The van der Waals surface area contributed by atoms with Crippen LogP contribution in [0.25, 0.3) is 0 Å². The Morgan fingerprint density at radius 1 is 1.26 bits per heavy atom. The van der Waals surface area contributed by atoms with Crippen LogP contribution in [-0.2, 0) is 27.2 Å². The van der Waals surface area contributed by atoms with Gasteiger partial charge in [-0.25, -0.2) is 9.97 Å². The van der Waals surface area contributed by atoms with Crippen molar-refractivity contribution in [2.75, 3.05) is 6.26 Å². The summed E-state index contributed by atoms with van der Waals surface area (Å²) in [7, 11) is -1.24. The SMILES string of the molecule is CC(C)n1c(C(C)(C)O)nnc1C12CC(c3nc(S(C)=O)ncc3Cl)(C1)C2. The van der Waals surface area contributed by atoms with Crippen LogP contribution in [0.4, 0.5) is 0 Å². The second-order valence-electron chi connectivity index (χ2n) is 8.76. The summed E-state index contributed by atoms with van der Waals surface area (Å²) in [5.74, 6) is 1.52. The number of aliphatic hydroxyl groups is 1. The van der Waals surface area contributed by atoms with E-state index in [2.05, 4.69) is 38.6 Å². The van der Waals surface area contributed by atoms with Crippen molar-refractivity contribution in [2.24, 2.45) is 0 Å². The highest BCUT2D eigenvalue weighted by atomic mass is 35.5. The zero-order chi connectivity index (χ0) is 19.8. The minimum absolute atomic E-state index is 0.0550. The number of hydrogen-bond donors (Lipinski definition) is 1. The Labute approximate surface area is 166 Å². The first-order chi connectivity index (χ1) is 12.5. The van der Waals surface area contributed by atoms with Gasteiger partial charge in [-0.05, 0) is 47.0 Å². The molecule has 3 saturated carbocycles. The minimum atomic E-state index is -1.24. The molecule has 3 aliphatic carbocycles. The lowest BCUT2D eigenvalue weighted by Crippen LogP contribution is -2.68. The van der Waals surface area contributed by atoms with E-state index in [9.17, 15) is 9.32 Å². The van der Waals surface area contributed by atoms with Crippen molar-refractivity contribution in [1.29, 1.82) is 0 Å². The van der Waals surface area contributed by atoms with E-state index in [0.29, 0.717) is 16.0 Å². The van der Waals surface area contributed by atoms with Crippen molar-refractivity contribution >= 4 is 22.4 Å². The largest absolute Gasteiger partial charge is 0.382 e. The van der Waals surface area contributed by atoms with Crippen molar-refractivity contribution in [1.82, 2.24) is 24.7 Å². The van der Waals surface area contributed by atoms with E-state index in [1.54, 1.807) is 26.3 Å². The average molecular weight is 410 g/mol. The molecule has 2 aromatic rings. The minimum Gasteiger partial charge on any atom is -0.382 e. The molecule has 1 N–H and O–H groups in total. The van der Waals surface area contributed by atoms with Crippen LogP contribution in [0, 0.1) is 0 Å². The number of rotatable bonds is 5. The molecule has 0 aliphatic heterocycles. The van der Waals surface area contributed by atoms with Crippen LogP contribution in [0.2, 0.25) is 5.02 Å². The van der Waals surface area contributed by atoms with E-state index in [0.717, 1.165) is 30.8 Å². The molecule has 3 aliphatic rings. The molecule has 0 radical (unpaired) electrons. The van der Waals surface area contributed by atoms with E-state index in [4.69, 9.17) is 11.6 Å². The van der Waals surface area contributed by atoms with Gasteiger partial charge in [0, 0.05) is 23.1 Å². The molecular weight excluding hydrogens is 386 g/mol. The van der Waals surface area contributed by atoms with E-state index in [1.165, 1.54) is 0 Å². The molecule has 5 rings (SSSR count). The lowest BCUT2D eigenvalue weighted by molar-refractivity contribution is -0.0820. The highest BCUT2D eigenvalue weighted by Crippen LogP contribution is 2.74. The van der Waals surface area contributed by atoms with Gasteiger partial charge in [-0.1, -0.05) is 11.6 Å². The van der Waals surface area contributed by atoms with Crippen molar-refractivity contribution in [2.45, 2.75) is 74.6 Å². The standard InChI is InChI=1S/C18H24ClN5O2S/c1-10(2)24-13(16(3,4)25)22-23-14(24)18-7-17(8-18,9-18)12-11(19)6-20-15(21-12)27(5)26/h6,10,25H,7-9H2,1-5H3. The number of halogens is 1. The fraction of sp³-hybridized carbons (Fsp3) is 0.667. The second-order valence-corrected chi connectivity index (χ2v) is 10.4. The highest BCUT2D eigenvalue weighted by molar-refractivity contribution is 7.84. The summed E-state index contributed by atoms with van der Waals surface area (Å²) in [4.78, 5) is 8.58. The molecule has 27 heavy (non-hydrogen) atoms.